The molecular weight excluding hydrogens is 426 g/mol. The average Bonchev–Trinajstić information content (AvgIpc) is 3.17. The number of hydrogen-bond acceptors (Lipinski definition) is 6. The van der Waals surface area contributed by atoms with E-state index in [-0.39, 0.29) is 11.5 Å². The number of nitrogens with zero attached hydrogens (tertiary/aromatic N) is 3. The van der Waals surface area contributed by atoms with E-state index in [1.807, 2.05) is 28.8 Å². The SMILES string of the molecule is COc1ccc(-c2c3c(=O)n(C)c(=O)n(C)c3c3n2CCOC3c2ccc(O)cc2O)cc1. The molecular formula is C24H23N3O6. The lowest BCUT2D eigenvalue weighted by Gasteiger charge is -2.28. The highest BCUT2D eigenvalue weighted by molar-refractivity contribution is 5.96. The summed E-state index contributed by atoms with van der Waals surface area (Å²) in [5, 5.41) is 20.7. The van der Waals surface area contributed by atoms with Gasteiger partial charge in [0.2, 0.25) is 0 Å². The Morgan fingerprint density at radius 1 is 1.03 bits per heavy atom. The summed E-state index contributed by atoms with van der Waals surface area (Å²) < 4.78 is 15.9. The Hall–Kier alpha value is -3.98. The normalized spacial score (nSPS) is 15.5. The third kappa shape index (κ3) is 3.04. The maximum absolute atomic E-state index is 13.4. The number of hydrogen-bond donors (Lipinski definition) is 2. The number of aryl methyl sites for hydroxylation is 1. The molecule has 9 nitrogen and oxygen atoms in total. The minimum Gasteiger partial charge on any atom is -0.508 e. The van der Waals surface area contributed by atoms with Crippen molar-refractivity contribution < 1.29 is 19.7 Å². The van der Waals surface area contributed by atoms with Crippen molar-refractivity contribution >= 4 is 10.9 Å². The summed E-state index contributed by atoms with van der Waals surface area (Å²) in [6.45, 7) is 0.786. The molecule has 2 aromatic carbocycles. The molecule has 4 aromatic rings. The van der Waals surface area contributed by atoms with Crippen LogP contribution in [0.15, 0.2) is 52.1 Å². The van der Waals surface area contributed by atoms with Crippen LogP contribution in [0.25, 0.3) is 22.2 Å². The highest BCUT2D eigenvalue weighted by Gasteiger charge is 2.34. The largest absolute Gasteiger partial charge is 0.508 e. The van der Waals surface area contributed by atoms with Crippen molar-refractivity contribution in [1.82, 2.24) is 13.7 Å². The van der Waals surface area contributed by atoms with E-state index >= 15 is 0 Å². The Labute approximate surface area is 188 Å². The third-order valence-electron chi connectivity index (χ3n) is 6.21. The molecule has 1 unspecified atom stereocenters. The second-order valence-electron chi connectivity index (χ2n) is 8.04. The summed E-state index contributed by atoms with van der Waals surface area (Å²) in [4.78, 5) is 26.2. The molecule has 0 spiro atoms. The zero-order valence-electron chi connectivity index (χ0n) is 18.4. The topological polar surface area (TPSA) is 108 Å². The van der Waals surface area contributed by atoms with Crippen LogP contribution in [0.4, 0.5) is 0 Å². The fraction of sp³-hybridized carbons (Fsp3) is 0.250. The molecule has 0 saturated carbocycles. The highest BCUT2D eigenvalue weighted by Crippen LogP contribution is 2.43. The summed E-state index contributed by atoms with van der Waals surface area (Å²) in [5.74, 6) is 0.471. The zero-order chi connectivity index (χ0) is 23.4. The first kappa shape index (κ1) is 20.9. The molecule has 9 heteroatoms. The van der Waals surface area contributed by atoms with Crippen LogP contribution >= 0.6 is 0 Å². The molecule has 170 valence electrons. The van der Waals surface area contributed by atoms with Crippen LogP contribution in [0.1, 0.15) is 17.4 Å². The Kier molecular flexibility index (Phi) is 4.79. The molecule has 33 heavy (non-hydrogen) atoms. The number of phenols is 2. The minimum absolute atomic E-state index is 0.0764. The van der Waals surface area contributed by atoms with Gasteiger partial charge in [-0.3, -0.25) is 13.9 Å². The van der Waals surface area contributed by atoms with Crippen molar-refractivity contribution in [3.63, 3.8) is 0 Å². The number of aromatic nitrogens is 3. The highest BCUT2D eigenvalue weighted by atomic mass is 16.5. The standard InChI is InChI=1S/C24H23N3O6/c1-25-20-18(23(30)26(2)24(25)31)19(13-4-7-15(32-3)8-5-13)27-10-11-33-22(21(20)27)16-9-6-14(28)12-17(16)29/h4-9,12,22,28-29H,10-11H2,1-3H3. The molecule has 1 aliphatic rings. The van der Waals surface area contributed by atoms with E-state index in [1.54, 1.807) is 20.2 Å². The molecule has 5 rings (SSSR count). The minimum atomic E-state index is -0.744. The summed E-state index contributed by atoms with van der Waals surface area (Å²) in [7, 11) is 4.66. The molecule has 0 aliphatic carbocycles. The summed E-state index contributed by atoms with van der Waals surface area (Å²) in [5.41, 5.74) is 2.08. The Bertz CT molecular complexity index is 1510. The van der Waals surface area contributed by atoms with Crippen molar-refractivity contribution in [3.8, 4) is 28.5 Å². The lowest BCUT2D eigenvalue weighted by molar-refractivity contribution is 0.0464. The predicted molar refractivity (Wildman–Crippen MR) is 122 cm³/mol. The fourth-order valence-electron chi connectivity index (χ4n) is 4.62. The van der Waals surface area contributed by atoms with E-state index in [0.29, 0.717) is 46.8 Å². The van der Waals surface area contributed by atoms with Gasteiger partial charge in [-0.05, 0) is 42.0 Å². The maximum Gasteiger partial charge on any atom is 0.331 e. The van der Waals surface area contributed by atoms with Crippen molar-refractivity contribution in [2.45, 2.75) is 12.6 Å². The molecule has 0 saturated heterocycles. The molecule has 0 radical (unpaired) electrons. The second-order valence-corrected chi connectivity index (χ2v) is 8.04. The molecule has 0 amide bonds. The van der Waals surface area contributed by atoms with E-state index in [2.05, 4.69) is 0 Å². The van der Waals surface area contributed by atoms with Gasteiger partial charge in [-0.25, -0.2) is 4.79 Å². The van der Waals surface area contributed by atoms with Crippen LogP contribution in [0.3, 0.4) is 0 Å². The number of benzene rings is 2. The molecule has 0 fully saturated rings. The first-order valence-electron chi connectivity index (χ1n) is 10.4. The average molecular weight is 449 g/mol. The van der Waals surface area contributed by atoms with Gasteiger partial charge >= 0.3 is 5.69 Å². The third-order valence-corrected chi connectivity index (χ3v) is 6.21. The van der Waals surface area contributed by atoms with Crippen molar-refractivity contribution in [2.75, 3.05) is 13.7 Å². The Morgan fingerprint density at radius 2 is 1.76 bits per heavy atom. The van der Waals surface area contributed by atoms with Crippen LogP contribution < -0.4 is 16.0 Å². The van der Waals surface area contributed by atoms with Gasteiger partial charge in [-0.2, -0.15) is 0 Å². The number of ether oxygens (including phenoxy) is 2. The maximum atomic E-state index is 13.4. The smallest absolute Gasteiger partial charge is 0.331 e. The first-order chi connectivity index (χ1) is 15.8. The predicted octanol–water partition coefficient (Wildman–Crippen LogP) is 2.25. The molecule has 1 atom stereocenters. The molecule has 0 bridgehead atoms. The van der Waals surface area contributed by atoms with Gasteiger partial charge in [0, 0.05) is 32.3 Å². The quantitative estimate of drug-likeness (QED) is 0.497. The molecule has 3 heterocycles. The summed E-state index contributed by atoms with van der Waals surface area (Å²) in [6.07, 6.45) is -0.744. The van der Waals surface area contributed by atoms with Gasteiger partial charge in [-0.1, -0.05) is 0 Å². The van der Waals surface area contributed by atoms with E-state index < -0.39 is 17.4 Å². The van der Waals surface area contributed by atoms with Gasteiger partial charge < -0.3 is 24.3 Å². The van der Waals surface area contributed by atoms with Gasteiger partial charge in [-0.15, -0.1) is 0 Å². The summed E-state index contributed by atoms with van der Waals surface area (Å²) >= 11 is 0. The monoisotopic (exact) mass is 449 g/mol. The number of phenolic OH excluding ortho intramolecular Hbond substituents is 2. The van der Waals surface area contributed by atoms with Crippen LogP contribution in [0, 0.1) is 0 Å². The van der Waals surface area contributed by atoms with E-state index in [0.717, 1.165) is 10.1 Å². The van der Waals surface area contributed by atoms with Crippen LogP contribution in [0.2, 0.25) is 0 Å². The van der Waals surface area contributed by atoms with E-state index in [9.17, 15) is 19.8 Å². The van der Waals surface area contributed by atoms with Crippen LogP contribution in [-0.2, 0) is 25.4 Å². The van der Waals surface area contributed by atoms with Crippen molar-refractivity contribution in [1.29, 1.82) is 0 Å². The number of rotatable bonds is 3. The number of methoxy groups -OCH3 is 1. The molecule has 1 aliphatic heterocycles. The van der Waals surface area contributed by atoms with E-state index in [1.165, 1.54) is 23.7 Å². The number of aromatic hydroxyl groups is 2. The van der Waals surface area contributed by atoms with Crippen LogP contribution in [0.5, 0.6) is 17.2 Å². The van der Waals surface area contributed by atoms with Crippen molar-refractivity contribution in [2.24, 2.45) is 14.1 Å². The van der Waals surface area contributed by atoms with Gasteiger partial charge in [0.1, 0.15) is 23.4 Å². The first-order valence-corrected chi connectivity index (χ1v) is 10.4. The van der Waals surface area contributed by atoms with Gasteiger partial charge in [0.15, 0.2) is 0 Å². The second kappa shape index (κ2) is 7.56. The lowest BCUT2D eigenvalue weighted by atomic mass is 10.0. The number of fused-ring (bicyclic) bond motifs is 3. The summed E-state index contributed by atoms with van der Waals surface area (Å²) in [6, 6.07) is 11.7. The van der Waals surface area contributed by atoms with Gasteiger partial charge in [0.25, 0.3) is 5.56 Å². The Morgan fingerprint density at radius 3 is 2.42 bits per heavy atom. The van der Waals surface area contributed by atoms with E-state index in [4.69, 9.17) is 9.47 Å². The fourth-order valence-corrected chi connectivity index (χ4v) is 4.62. The van der Waals surface area contributed by atoms with Gasteiger partial charge in [0.05, 0.1) is 36.0 Å². The lowest BCUT2D eigenvalue weighted by Crippen LogP contribution is -2.37. The van der Waals surface area contributed by atoms with Crippen molar-refractivity contribution in [3.05, 3.63) is 74.6 Å². The zero-order valence-corrected chi connectivity index (χ0v) is 18.4. The molecule has 2 aromatic heterocycles. The molecule has 2 N–H and O–H groups in total. The van der Waals surface area contributed by atoms with Crippen LogP contribution in [-0.4, -0.2) is 37.6 Å². The Balaban J connectivity index is 1.91.